The van der Waals surface area contributed by atoms with E-state index < -0.39 is 0 Å². The van der Waals surface area contributed by atoms with Crippen molar-refractivity contribution in [1.82, 2.24) is 5.32 Å². The summed E-state index contributed by atoms with van der Waals surface area (Å²) in [6.45, 7) is 13.6. The molecule has 3 heteroatoms. The Balaban J connectivity index is 2.63. The molecule has 16 heavy (non-hydrogen) atoms. The third-order valence-electron chi connectivity index (χ3n) is 3.25. The van der Waals surface area contributed by atoms with Crippen molar-refractivity contribution in [2.45, 2.75) is 60.0 Å². The van der Waals surface area contributed by atoms with Gasteiger partial charge in [-0.3, -0.25) is 4.99 Å². The number of nitrogens with zero attached hydrogens (tertiary/aromatic N) is 1. The smallest absolute Gasteiger partial charge is 0.157 e. The first-order valence-electron chi connectivity index (χ1n) is 6.28. The Morgan fingerprint density at radius 1 is 1.31 bits per heavy atom. The maximum atomic E-state index is 4.84. The van der Waals surface area contributed by atoms with E-state index in [0.29, 0.717) is 18.0 Å². The van der Waals surface area contributed by atoms with Gasteiger partial charge in [0, 0.05) is 11.8 Å². The van der Waals surface area contributed by atoms with E-state index in [-0.39, 0.29) is 5.41 Å². The molecule has 0 bridgehead atoms. The van der Waals surface area contributed by atoms with E-state index in [2.05, 4.69) is 46.9 Å². The third-order valence-corrected chi connectivity index (χ3v) is 4.19. The van der Waals surface area contributed by atoms with Gasteiger partial charge < -0.3 is 5.32 Å². The van der Waals surface area contributed by atoms with Crippen molar-refractivity contribution in [3.05, 3.63) is 0 Å². The Hall–Kier alpha value is -0.180. The second-order valence-corrected chi connectivity index (χ2v) is 7.21. The molecule has 1 N–H and O–H groups in total. The molecule has 0 aromatic carbocycles. The summed E-state index contributed by atoms with van der Waals surface area (Å²) in [6, 6.07) is 0.973. The highest BCUT2D eigenvalue weighted by Crippen LogP contribution is 2.30. The van der Waals surface area contributed by atoms with Crippen LogP contribution in [0.4, 0.5) is 0 Å². The zero-order chi connectivity index (χ0) is 12.3. The van der Waals surface area contributed by atoms with Crippen LogP contribution in [0.15, 0.2) is 4.99 Å². The Morgan fingerprint density at radius 3 is 2.44 bits per heavy atom. The van der Waals surface area contributed by atoms with E-state index in [1.54, 1.807) is 0 Å². The van der Waals surface area contributed by atoms with Crippen molar-refractivity contribution in [1.29, 1.82) is 0 Å². The highest BCUT2D eigenvalue weighted by atomic mass is 32.2. The number of amidine groups is 1. The molecule has 0 fully saturated rings. The van der Waals surface area contributed by atoms with Gasteiger partial charge in [0.1, 0.15) is 0 Å². The summed E-state index contributed by atoms with van der Waals surface area (Å²) in [5.74, 6) is 1.84. The van der Waals surface area contributed by atoms with Crippen LogP contribution in [-0.2, 0) is 0 Å². The molecule has 0 amide bonds. The predicted molar refractivity (Wildman–Crippen MR) is 75.2 cm³/mol. The molecule has 2 nitrogen and oxygen atoms in total. The van der Waals surface area contributed by atoms with Gasteiger partial charge in [0.25, 0.3) is 0 Å². The van der Waals surface area contributed by atoms with Crippen molar-refractivity contribution < 1.29 is 0 Å². The maximum absolute atomic E-state index is 4.84. The van der Waals surface area contributed by atoms with E-state index in [0.717, 1.165) is 5.17 Å². The minimum Gasteiger partial charge on any atom is -0.362 e. The van der Waals surface area contributed by atoms with Crippen molar-refractivity contribution in [2.75, 3.05) is 5.75 Å². The van der Waals surface area contributed by atoms with Gasteiger partial charge in [0.15, 0.2) is 5.17 Å². The molecule has 1 rings (SSSR count). The lowest BCUT2D eigenvalue weighted by Crippen LogP contribution is -2.39. The van der Waals surface area contributed by atoms with E-state index in [1.165, 1.54) is 12.2 Å². The Labute approximate surface area is 105 Å². The second kappa shape index (κ2) is 5.44. The first-order chi connectivity index (χ1) is 7.30. The summed E-state index contributed by atoms with van der Waals surface area (Å²) in [7, 11) is 0. The molecule has 2 atom stereocenters. The molecule has 0 radical (unpaired) electrons. The molecule has 2 unspecified atom stereocenters. The van der Waals surface area contributed by atoms with Gasteiger partial charge in [-0.2, -0.15) is 0 Å². The third kappa shape index (κ3) is 4.00. The molecule has 0 saturated heterocycles. The van der Waals surface area contributed by atoms with Crippen LogP contribution in [0.5, 0.6) is 0 Å². The van der Waals surface area contributed by atoms with Crippen LogP contribution in [-0.4, -0.2) is 23.0 Å². The molecule has 1 aliphatic rings. The fraction of sp³-hybridized carbons (Fsp3) is 0.923. The van der Waals surface area contributed by atoms with Gasteiger partial charge in [-0.15, -0.1) is 0 Å². The molecular weight excluding hydrogens is 216 g/mol. The largest absolute Gasteiger partial charge is 0.362 e. The molecule has 0 saturated carbocycles. The molecule has 0 aromatic heterocycles. The normalized spacial score (nSPS) is 24.2. The molecular formula is C13H26N2S. The van der Waals surface area contributed by atoms with Crippen LogP contribution in [0.2, 0.25) is 0 Å². The van der Waals surface area contributed by atoms with Crippen molar-refractivity contribution in [2.24, 2.45) is 16.3 Å². The highest BCUT2D eigenvalue weighted by molar-refractivity contribution is 8.13. The first-order valence-corrected chi connectivity index (χ1v) is 7.26. The Kier molecular flexibility index (Phi) is 4.72. The fourth-order valence-electron chi connectivity index (χ4n) is 1.58. The SMILES string of the molecule is CC(C)C(C)NC1=NC(C(C)(C)C)CCS1. The minimum absolute atomic E-state index is 0.287. The number of hydrogen-bond donors (Lipinski definition) is 1. The van der Waals surface area contributed by atoms with Crippen molar-refractivity contribution in [3.63, 3.8) is 0 Å². The van der Waals surface area contributed by atoms with Gasteiger partial charge in [-0.25, -0.2) is 0 Å². The standard InChI is InChI=1S/C13H26N2S/c1-9(2)10(3)14-12-15-11(7-8-16-12)13(4,5)6/h9-11H,7-8H2,1-6H3,(H,14,15). The van der Waals surface area contributed by atoms with Crippen LogP contribution >= 0.6 is 11.8 Å². The van der Waals surface area contributed by atoms with Crippen LogP contribution in [0, 0.1) is 11.3 Å². The molecule has 0 spiro atoms. The molecule has 1 aliphatic heterocycles. The summed E-state index contributed by atoms with van der Waals surface area (Å²) < 4.78 is 0. The number of aliphatic imine (C=N–C) groups is 1. The van der Waals surface area contributed by atoms with Gasteiger partial charge in [-0.05, 0) is 24.7 Å². The van der Waals surface area contributed by atoms with Gasteiger partial charge in [0.2, 0.25) is 0 Å². The van der Waals surface area contributed by atoms with E-state index in [9.17, 15) is 0 Å². The summed E-state index contributed by atoms with van der Waals surface area (Å²) >= 11 is 1.87. The average molecular weight is 242 g/mol. The minimum atomic E-state index is 0.287. The number of nitrogens with one attached hydrogen (secondary N) is 1. The van der Waals surface area contributed by atoms with E-state index in [4.69, 9.17) is 4.99 Å². The lowest BCUT2D eigenvalue weighted by Gasteiger charge is -2.32. The van der Waals surface area contributed by atoms with E-state index >= 15 is 0 Å². The number of rotatable bonds is 2. The van der Waals surface area contributed by atoms with Crippen molar-refractivity contribution >= 4 is 16.9 Å². The zero-order valence-corrected chi connectivity index (χ0v) is 12.3. The summed E-state index contributed by atoms with van der Waals surface area (Å²) in [5.41, 5.74) is 0.287. The van der Waals surface area contributed by atoms with Crippen LogP contribution in [0.25, 0.3) is 0 Å². The predicted octanol–water partition coefficient (Wildman–Crippen LogP) is 3.53. The molecule has 1 heterocycles. The summed E-state index contributed by atoms with van der Waals surface area (Å²) in [6.07, 6.45) is 1.20. The molecule has 0 aliphatic carbocycles. The van der Waals surface area contributed by atoms with Gasteiger partial charge in [-0.1, -0.05) is 46.4 Å². The van der Waals surface area contributed by atoms with E-state index in [1.807, 2.05) is 11.8 Å². The van der Waals surface area contributed by atoms with Gasteiger partial charge in [0.05, 0.1) is 6.04 Å². The lowest BCUT2D eigenvalue weighted by atomic mass is 9.85. The molecule has 0 aromatic rings. The van der Waals surface area contributed by atoms with Crippen LogP contribution in [0.1, 0.15) is 48.0 Å². The topological polar surface area (TPSA) is 24.4 Å². The highest BCUT2D eigenvalue weighted by Gasteiger charge is 2.27. The lowest BCUT2D eigenvalue weighted by molar-refractivity contribution is 0.315. The quantitative estimate of drug-likeness (QED) is 0.801. The van der Waals surface area contributed by atoms with Crippen molar-refractivity contribution in [3.8, 4) is 0 Å². The molecule has 94 valence electrons. The Bertz CT molecular complexity index is 253. The Morgan fingerprint density at radius 2 is 1.94 bits per heavy atom. The van der Waals surface area contributed by atoms with Crippen LogP contribution in [0.3, 0.4) is 0 Å². The fourth-order valence-corrected chi connectivity index (χ4v) is 2.58. The second-order valence-electron chi connectivity index (χ2n) is 6.13. The van der Waals surface area contributed by atoms with Crippen LogP contribution < -0.4 is 5.32 Å². The summed E-state index contributed by atoms with van der Waals surface area (Å²) in [5, 5.41) is 4.68. The summed E-state index contributed by atoms with van der Waals surface area (Å²) in [4.78, 5) is 4.84. The average Bonchev–Trinajstić information content (AvgIpc) is 2.16. The monoisotopic (exact) mass is 242 g/mol. The first kappa shape index (κ1) is 13.9. The van der Waals surface area contributed by atoms with Gasteiger partial charge >= 0.3 is 0 Å². The number of thioether (sulfide) groups is 1. The zero-order valence-electron chi connectivity index (χ0n) is 11.5. The maximum Gasteiger partial charge on any atom is 0.157 e. The number of hydrogen-bond acceptors (Lipinski definition) is 3.